The molecule has 0 saturated heterocycles. The van der Waals surface area contributed by atoms with Crippen molar-refractivity contribution in [2.24, 2.45) is 11.8 Å². The van der Waals surface area contributed by atoms with E-state index in [-0.39, 0.29) is 12.5 Å². The minimum Gasteiger partial charge on any atom is -0.493 e. The lowest BCUT2D eigenvalue weighted by Crippen LogP contribution is -2.50. The second-order valence-corrected chi connectivity index (χ2v) is 9.08. The van der Waals surface area contributed by atoms with Crippen LogP contribution in [-0.2, 0) is 14.3 Å². The molecule has 0 aliphatic carbocycles. The minimum absolute atomic E-state index is 0.161. The van der Waals surface area contributed by atoms with Crippen LogP contribution in [0.3, 0.4) is 0 Å². The van der Waals surface area contributed by atoms with Crippen molar-refractivity contribution < 1.29 is 28.5 Å². The van der Waals surface area contributed by atoms with E-state index < -0.39 is 17.9 Å². The van der Waals surface area contributed by atoms with Crippen molar-refractivity contribution in [3.8, 4) is 17.2 Å². The van der Waals surface area contributed by atoms with Gasteiger partial charge in [-0.1, -0.05) is 26.0 Å². The van der Waals surface area contributed by atoms with Crippen LogP contribution in [0.25, 0.3) is 11.0 Å². The summed E-state index contributed by atoms with van der Waals surface area (Å²) in [6.45, 7) is 6.53. The summed E-state index contributed by atoms with van der Waals surface area (Å²) in [5.41, 5.74) is 2.18. The van der Waals surface area contributed by atoms with Gasteiger partial charge in [0.1, 0.15) is 0 Å². The van der Waals surface area contributed by atoms with E-state index in [1.165, 1.54) is 21.3 Å². The van der Waals surface area contributed by atoms with Crippen molar-refractivity contribution in [1.82, 2.24) is 9.55 Å². The van der Waals surface area contributed by atoms with E-state index in [2.05, 4.69) is 13.8 Å². The van der Waals surface area contributed by atoms with Gasteiger partial charge < -0.3 is 23.5 Å². The Hall–Kier alpha value is -3.75. The molecule has 0 spiro atoms. The van der Waals surface area contributed by atoms with Crippen molar-refractivity contribution in [3.63, 3.8) is 0 Å². The van der Waals surface area contributed by atoms with E-state index in [9.17, 15) is 9.59 Å². The maximum absolute atomic E-state index is 14.0. The third-order valence-electron chi connectivity index (χ3n) is 6.44. The number of esters is 1. The fourth-order valence-corrected chi connectivity index (χ4v) is 4.72. The summed E-state index contributed by atoms with van der Waals surface area (Å²) in [5, 5.41) is 0. The number of carbonyl (C=O) groups excluding carboxylic acids is 2. The molecule has 0 fully saturated rings. The number of nitrogens with zero attached hydrogens (tertiary/aromatic N) is 3. The zero-order valence-corrected chi connectivity index (χ0v) is 21.6. The third-order valence-corrected chi connectivity index (χ3v) is 6.44. The van der Waals surface area contributed by atoms with Crippen molar-refractivity contribution >= 4 is 28.9 Å². The molecule has 0 radical (unpaired) electrons. The van der Waals surface area contributed by atoms with Crippen LogP contribution in [0.4, 0.5) is 5.95 Å². The number of imidazole rings is 1. The minimum atomic E-state index is -1.12. The Morgan fingerprint density at radius 1 is 1.06 bits per heavy atom. The molecule has 9 heteroatoms. The zero-order valence-electron chi connectivity index (χ0n) is 21.6. The van der Waals surface area contributed by atoms with Gasteiger partial charge in [0, 0.05) is 6.54 Å². The largest absolute Gasteiger partial charge is 0.493 e. The fraction of sp³-hybridized carbons (Fsp3) is 0.444. The lowest BCUT2D eigenvalue weighted by Gasteiger charge is -2.38. The van der Waals surface area contributed by atoms with Crippen molar-refractivity contribution in [1.29, 1.82) is 0 Å². The summed E-state index contributed by atoms with van der Waals surface area (Å²) in [4.78, 5) is 33.8. The Balaban J connectivity index is 2.02. The molecule has 1 amide bonds. The van der Waals surface area contributed by atoms with E-state index in [0.717, 1.165) is 17.5 Å². The Bertz CT molecular complexity index is 1240. The van der Waals surface area contributed by atoms with Gasteiger partial charge in [-0.2, -0.15) is 0 Å². The molecule has 0 bridgehead atoms. The molecule has 0 N–H and O–H groups in total. The number of hydrogen-bond acceptors (Lipinski definition) is 7. The standard InChI is InChI=1S/C27H33N3O6/c1-7-36-26(32)22-23(17-14-20(33-4)24(35-6)21(15-17)34-5)30-19-11-9-8-10-18(19)28-27(30)29(25(22)31)13-12-16(2)3/h8-11,14-16,22-23H,7,12-13H2,1-6H3/t22-,23-/m1/s1. The van der Waals surface area contributed by atoms with Crippen LogP contribution in [-0.4, -0.2) is 55.9 Å². The number of carbonyl (C=O) groups is 2. The highest BCUT2D eigenvalue weighted by atomic mass is 16.5. The smallest absolute Gasteiger partial charge is 0.321 e. The second kappa shape index (κ2) is 10.5. The van der Waals surface area contributed by atoms with E-state index in [4.69, 9.17) is 23.9 Å². The van der Waals surface area contributed by atoms with E-state index >= 15 is 0 Å². The molecular formula is C27H33N3O6. The first-order valence-corrected chi connectivity index (χ1v) is 12.1. The van der Waals surface area contributed by atoms with Gasteiger partial charge in [0.15, 0.2) is 17.4 Å². The number of amides is 1. The Morgan fingerprint density at radius 2 is 1.72 bits per heavy atom. The summed E-state index contributed by atoms with van der Waals surface area (Å²) in [5.74, 6) is 0.101. The molecule has 1 aromatic heterocycles. The normalized spacial score (nSPS) is 17.3. The summed E-state index contributed by atoms with van der Waals surface area (Å²) >= 11 is 0. The number of anilines is 1. The molecule has 3 aromatic rings. The van der Waals surface area contributed by atoms with Crippen LogP contribution in [0.1, 0.15) is 38.8 Å². The van der Waals surface area contributed by atoms with Gasteiger partial charge >= 0.3 is 5.97 Å². The van der Waals surface area contributed by atoms with Gasteiger partial charge in [0.05, 0.1) is 45.0 Å². The second-order valence-electron chi connectivity index (χ2n) is 9.08. The maximum atomic E-state index is 14.0. The monoisotopic (exact) mass is 495 g/mol. The summed E-state index contributed by atoms with van der Waals surface area (Å²) in [6.07, 6.45) is 0.763. The molecule has 2 atom stereocenters. The van der Waals surface area contributed by atoms with Crippen molar-refractivity contribution in [2.45, 2.75) is 33.2 Å². The quantitative estimate of drug-likeness (QED) is 0.324. The van der Waals surface area contributed by atoms with Crippen LogP contribution < -0.4 is 19.1 Å². The van der Waals surface area contributed by atoms with Crippen LogP contribution in [0.15, 0.2) is 36.4 Å². The van der Waals surface area contributed by atoms with Gasteiger partial charge in [-0.25, -0.2) is 4.98 Å². The lowest BCUT2D eigenvalue weighted by atomic mass is 9.88. The molecule has 1 aliphatic rings. The molecular weight excluding hydrogens is 462 g/mol. The zero-order chi connectivity index (χ0) is 26.0. The lowest BCUT2D eigenvalue weighted by molar-refractivity contribution is -0.153. The molecule has 192 valence electrons. The van der Waals surface area contributed by atoms with E-state index in [1.54, 1.807) is 24.0 Å². The number of aromatic nitrogens is 2. The molecule has 9 nitrogen and oxygen atoms in total. The maximum Gasteiger partial charge on any atom is 0.321 e. The van der Waals surface area contributed by atoms with Crippen LogP contribution in [0.2, 0.25) is 0 Å². The topological polar surface area (TPSA) is 92.1 Å². The number of ether oxygens (including phenoxy) is 4. The van der Waals surface area contributed by atoms with Crippen molar-refractivity contribution in [3.05, 3.63) is 42.0 Å². The SMILES string of the molecule is CCOC(=O)[C@H]1C(=O)N(CCC(C)C)c2nc3ccccc3n2[C@@H]1c1cc(OC)c(OC)c(OC)c1. The molecule has 4 rings (SSSR count). The van der Waals surface area contributed by atoms with Gasteiger partial charge in [0.2, 0.25) is 17.6 Å². The average Bonchev–Trinajstić information content (AvgIpc) is 3.25. The van der Waals surface area contributed by atoms with Gasteiger partial charge in [-0.15, -0.1) is 0 Å². The molecule has 0 unspecified atom stereocenters. The molecule has 2 heterocycles. The predicted molar refractivity (Wildman–Crippen MR) is 136 cm³/mol. The number of rotatable bonds is 9. The van der Waals surface area contributed by atoms with Crippen LogP contribution >= 0.6 is 0 Å². The highest BCUT2D eigenvalue weighted by molar-refractivity contribution is 6.08. The summed E-state index contributed by atoms with van der Waals surface area (Å²) < 4.78 is 24.0. The number of methoxy groups -OCH3 is 3. The number of para-hydroxylation sites is 2. The number of benzene rings is 2. The van der Waals surface area contributed by atoms with Gasteiger partial charge in [-0.05, 0) is 49.1 Å². The number of fused-ring (bicyclic) bond motifs is 3. The Kier molecular flexibility index (Phi) is 7.37. The first-order chi connectivity index (χ1) is 17.4. The summed E-state index contributed by atoms with van der Waals surface area (Å²) in [7, 11) is 4.59. The van der Waals surface area contributed by atoms with E-state index in [1.807, 2.05) is 28.8 Å². The van der Waals surface area contributed by atoms with Gasteiger partial charge in [0.25, 0.3) is 0 Å². The molecule has 0 saturated carbocycles. The first kappa shape index (κ1) is 25.3. The third kappa shape index (κ3) is 4.34. The Labute approximate surface area is 210 Å². The highest BCUT2D eigenvalue weighted by Gasteiger charge is 2.48. The highest BCUT2D eigenvalue weighted by Crippen LogP contribution is 2.46. The number of hydrogen-bond donors (Lipinski definition) is 0. The first-order valence-electron chi connectivity index (χ1n) is 12.1. The Morgan fingerprint density at radius 3 is 2.31 bits per heavy atom. The van der Waals surface area contributed by atoms with E-state index in [0.29, 0.717) is 41.2 Å². The van der Waals surface area contributed by atoms with Crippen LogP contribution in [0, 0.1) is 11.8 Å². The van der Waals surface area contributed by atoms with Crippen LogP contribution in [0.5, 0.6) is 17.2 Å². The average molecular weight is 496 g/mol. The van der Waals surface area contributed by atoms with Crippen molar-refractivity contribution in [2.75, 3.05) is 39.4 Å². The summed E-state index contributed by atoms with van der Waals surface area (Å²) in [6, 6.07) is 10.5. The molecule has 1 aliphatic heterocycles. The predicted octanol–water partition coefficient (Wildman–Crippen LogP) is 4.22. The fourth-order valence-electron chi connectivity index (χ4n) is 4.72. The molecule has 2 aromatic carbocycles. The van der Waals surface area contributed by atoms with Gasteiger partial charge in [-0.3, -0.25) is 14.5 Å². The molecule has 36 heavy (non-hydrogen) atoms.